The maximum absolute atomic E-state index is 11.5. The number of benzene rings is 1. The van der Waals surface area contributed by atoms with Crippen molar-refractivity contribution < 1.29 is 4.79 Å². The van der Waals surface area contributed by atoms with Gasteiger partial charge < -0.3 is 5.32 Å². The van der Waals surface area contributed by atoms with Crippen LogP contribution in [0.1, 0.15) is 17.3 Å². The smallest absolute Gasteiger partial charge is 0.267 e. The van der Waals surface area contributed by atoms with Crippen molar-refractivity contribution in [2.24, 2.45) is 5.84 Å². The van der Waals surface area contributed by atoms with Crippen molar-refractivity contribution in [3.05, 3.63) is 27.2 Å². The molecule has 4 nitrogen and oxygen atoms in total. The first-order valence-corrected chi connectivity index (χ1v) is 5.51. The van der Waals surface area contributed by atoms with Gasteiger partial charge in [-0.15, -0.1) is 0 Å². The van der Waals surface area contributed by atoms with Crippen molar-refractivity contribution >= 4 is 39.1 Å². The number of amides is 1. The van der Waals surface area contributed by atoms with Crippen LogP contribution in [0.15, 0.2) is 16.6 Å². The van der Waals surface area contributed by atoms with Crippen LogP contribution in [0.2, 0.25) is 5.02 Å². The van der Waals surface area contributed by atoms with Gasteiger partial charge in [-0.25, -0.2) is 5.84 Å². The third-order valence-electron chi connectivity index (χ3n) is 1.78. The fourth-order valence-electron chi connectivity index (χ4n) is 1.19. The first-order valence-electron chi connectivity index (χ1n) is 4.34. The summed E-state index contributed by atoms with van der Waals surface area (Å²) in [6.45, 7) is 2.59. The van der Waals surface area contributed by atoms with Gasteiger partial charge in [0.2, 0.25) is 0 Å². The number of nitrogens with one attached hydrogen (secondary N) is 2. The summed E-state index contributed by atoms with van der Waals surface area (Å²) in [5.74, 6) is 4.70. The van der Waals surface area contributed by atoms with Crippen molar-refractivity contribution in [2.45, 2.75) is 6.92 Å². The number of hydrazine groups is 1. The summed E-state index contributed by atoms with van der Waals surface area (Å²) < 4.78 is 0.729. The molecule has 0 aliphatic heterocycles. The minimum absolute atomic E-state index is 0.380. The van der Waals surface area contributed by atoms with Gasteiger partial charge in [-0.2, -0.15) is 0 Å². The molecule has 0 heterocycles. The molecule has 1 aromatic carbocycles. The van der Waals surface area contributed by atoms with Gasteiger partial charge in [-0.3, -0.25) is 10.2 Å². The standard InChI is InChI=1S/C9H11BrClN3O/c1-2-13-8-6(9(15)14-12)3-5(10)4-7(8)11/h3-4,13H,2,12H2,1H3,(H,14,15). The molecule has 0 radical (unpaired) electrons. The second-order valence-corrected chi connectivity index (χ2v) is 4.14. The monoisotopic (exact) mass is 291 g/mol. The van der Waals surface area contributed by atoms with Crippen LogP contribution in [-0.2, 0) is 0 Å². The van der Waals surface area contributed by atoms with Crippen molar-refractivity contribution in [2.75, 3.05) is 11.9 Å². The Balaban J connectivity index is 3.26. The molecule has 1 amide bonds. The molecule has 0 atom stereocenters. The van der Waals surface area contributed by atoms with Crippen molar-refractivity contribution in [1.29, 1.82) is 0 Å². The number of carbonyl (C=O) groups is 1. The zero-order chi connectivity index (χ0) is 11.4. The molecule has 0 spiro atoms. The summed E-state index contributed by atoms with van der Waals surface area (Å²) in [6.07, 6.45) is 0. The highest BCUT2D eigenvalue weighted by molar-refractivity contribution is 9.10. The topological polar surface area (TPSA) is 67.2 Å². The summed E-state index contributed by atoms with van der Waals surface area (Å²) in [6, 6.07) is 3.37. The number of hydrogen-bond acceptors (Lipinski definition) is 3. The molecule has 0 bridgehead atoms. The molecule has 0 aliphatic rings. The first-order chi connectivity index (χ1) is 7.10. The van der Waals surface area contributed by atoms with Gasteiger partial charge in [0.1, 0.15) is 0 Å². The summed E-state index contributed by atoms with van der Waals surface area (Å²) in [5.41, 5.74) is 3.08. The van der Waals surface area contributed by atoms with E-state index in [-0.39, 0.29) is 5.91 Å². The van der Waals surface area contributed by atoms with Crippen LogP contribution >= 0.6 is 27.5 Å². The Morgan fingerprint density at radius 3 is 2.80 bits per heavy atom. The van der Waals surface area contributed by atoms with Crippen LogP contribution in [0.3, 0.4) is 0 Å². The maximum atomic E-state index is 11.5. The van der Waals surface area contributed by atoms with Crippen LogP contribution in [0.4, 0.5) is 5.69 Å². The highest BCUT2D eigenvalue weighted by Gasteiger charge is 2.14. The van der Waals surface area contributed by atoms with Gasteiger partial charge in [0.15, 0.2) is 0 Å². The van der Waals surface area contributed by atoms with Crippen LogP contribution in [0, 0.1) is 0 Å². The number of carbonyl (C=O) groups excluding carboxylic acids is 1. The number of nitrogens with two attached hydrogens (primary N) is 1. The van der Waals surface area contributed by atoms with E-state index in [0.29, 0.717) is 22.8 Å². The number of nitrogen functional groups attached to an aromatic ring is 1. The zero-order valence-corrected chi connectivity index (χ0v) is 10.4. The lowest BCUT2D eigenvalue weighted by Crippen LogP contribution is -2.30. The largest absolute Gasteiger partial charge is 0.383 e. The lowest BCUT2D eigenvalue weighted by molar-refractivity contribution is 0.0954. The van der Waals surface area contributed by atoms with Crippen molar-refractivity contribution in [1.82, 2.24) is 5.43 Å². The normalized spacial score (nSPS) is 9.87. The number of hydrogen-bond donors (Lipinski definition) is 3. The average molecular weight is 293 g/mol. The second-order valence-electron chi connectivity index (χ2n) is 2.81. The Labute approximate surface area is 101 Å². The molecule has 0 aliphatic carbocycles. The quantitative estimate of drug-likeness (QED) is 0.454. The van der Waals surface area contributed by atoms with Gasteiger partial charge in [0, 0.05) is 11.0 Å². The number of halogens is 2. The Morgan fingerprint density at radius 2 is 2.27 bits per heavy atom. The van der Waals surface area contributed by atoms with Crippen LogP contribution in [0.25, 0.3) is 0 Å². The molecule has 6 heteroatoms. The molecule has 0 saturated heterocycles. The van der Waals surface area contributed by atoms with Crippen molar-refractivity contribution in [3.8, 4) is 0 Å². The Morgan fingerprint density at radius 1 is 1.60 bits per heavy atom. The van der Waals surface area contributed by atoms with E-state index >= 15 is 0 Å². The lowest BCUT2D eigenvalue weighted by atomic mass is 10.1. The predicted molar refractivity (Wildman–Crippen MR) is 65.0 cm³/mol. The Kier molecular flexibility index (Phi) is 4.38. The number of anilines is 1. The molecule has 1 rings (SSSR count). The Bertz CT molecular complexity index is 384. The molecule has 4 N–H and O–H groups in total. The van der Waals surface area contributed by atoms with E-state index in [4.69, 9.17) is 17.4 Å². The first kappa shape index (κ1) is 12.3. The third-order valence-corrected chi connectivity index (χ3v) is 2.54. The van der Waals surface area contributed by atoms with E-state index in [1.54, 1.807) is 12.1 Å². The second kappa shape index (κ2) is 5.34. The molecule has 0 unspecified atom stereocenters. The van der Waals surface area contributed by atoms with E-state index in [0.717, 1.165) is 4.47 Å². The molecule has 82 valence electrons. The SMILES string of the molecule is CCNc1c(Cl)cc(Br)cc1C(=O)NN. The Hall–Kier alpha value is -0.780. The lowest BCUT2D eigenvalue weighted by Gasteiger charge is -2.12. The summed E-state index contributed by atoms with van der Waals surface area (Å²) in [5, 5.41) is 3.49. The van der Waals surface area contributed by atoms with Gasteiger partial charge >= 0.3 is 0 Å². The van der Waals surface area contributed by atoms with E-state index in [1.165, 1.54) is 0 Å². The van der Waals surface area contributed by atoms with Crippen molar-refractivity contribution in [3.63, 3.8) is 0 Å². The molecular formula is C9H11BrClN3O. The van der Waals surface area contributed by atoms with Crippen LogP contribution in [0.5, 0.6) is 0 Å². The van der Waals surface area contributed by atoms with E-state index in [9.17, 15) is 4.79 Å². The molecule has 15 heavy (non-hydrogen) atoms. The maximum Gasteiger partial charge on any atom is 0.267 e. The minimum Gasteiger partial charge on any atom is -0.383 e. The molecule has 0 fully saturated rings. The fraction of sp³-hybridized carbons (Fsp3) is 0.222. The molecular weight excluding hydrogens is 281 g/mol. The van der Waals surface area contributed by atoms with E-state index in [1.807, 2.05) is 6.92 Å². The predicted octanol–water partition coefficient (Wildman–Crippen LogP) is 2.14. The van der Waals surface area contributed by atoms with Crippen LogP contribution in [-0.4, -0.2) is 12.5 Å². The summed E-state index contributed by atoms with van der Waals surface area (Å²) >= 11 is 9.26. The van der Waals surface area contributed by atoms with Gasteiger partial charge in [0.05, 0.1) is 16.3 Å². The number of rotatable bonds is 3. The van der Waals surface area contributed by atoms with Crippen LogP contribution < -0.4 is 16.6 Å². The zero-order valence-electron chi connectivity index (χ0n) is 8.10. The summed E-state index contributed by atoms with van der Waals surface area (Å²) in [4.78, 5) is 11.5. The third kappa shape index (κ3) is 2.84. The fourth-order valence-corrected chi connectivity index (χ4v) is 2.06. The van der Waals surface area contributed by atoms with E-state index in [2.05, 4.69) is 26.7 Å². The highest BCUT2D eigenvalue weighted by Crippen LogP contribution is 2.30. The summed E-state index contributed by atoms with van der Waals surface area (Å²) in [7, 11) is 0. The van der Waals surface area contributed by atoms with Gasteiger partial charge in [-0.05, 0) is 19.1 Å². The molecule has 0 saturated carbocycles. The van der Waals surface area contributed by atoms with Gasteiger partial charge in [-0.1, -0.05) is 27.5 Å². The molecule has 0 aromatic heterocycles. The molecule has 1 aromatic rings. The minimum atomic E-state index is -0.380. The van der Waals surface area contributed by atoms with E-state index < -0.39 is 0 Å². The highest BCUT2D eigenvalue weighted by atomic mass is 79.9. The van der Waals surface area contributed by atoms with Gasteiger partial charge in [0.25, 0.3) is 5.91 Å². The average Bonchev–Trinajstić information content (AvgIpc) is 2.20.